The van der Waals surface area contributed by atoms with Crippen LogP contribution in [0.1, 0.15) is 36.0 Å². The minimum Gasteiger partial charge on any atom is -0.493 e. The number of rotatable bonds is 5. The summed E-state index contributed by atoms with van der Waals surface area (Å²) >= 11 is 0. The minimum atomic E-state index is -0.0796. The topological polar surface area (TPSA) is 79.9 Å². The summed E-state index contributed by atoms with van der Waals surface area (Å²) in [5.41, 5.74) is 0.940. The summed E-state index contributed by atoms with van der Waals surface area (Å²) in [4.78, 5) is 27.5. The van der Waals surface area contributed by atoms with Crippen LogP contribution in [-0.2, 0) is 4.79 Å². The summed E-state index contributed by atoms with van der Waals surface area (Å²) in [5, 5.41) is 6.22. The van der Waals surface area contributed by atoms with Gasteiger partial charge in [-0.25, -0.2) is 0 Å². The molecule has 0 saturated carbocycles. The van der Waals surface area contributed by atoms with Gasteiger partial charge in [0, 0.05) is 25.1 Å². The highest BCUT2D eigenvalue weighted by Crippen LogP contribution is 2.35. The molecular weight excluding hydrogens is 370 g/mol. The molecule has 0 radical (unpaired) electrons. The fourth-order valence-corrected chi connectivity index (χ4v) is 3.57. The lowest BCUT2D eigenvalue weighted by Gasteiger charge is -2.24. The highest BCUT2D eigenvalue weighted by Gasteiger charge is 2.27. The van der Waals surface area contributed by atoms with E-state index in [1.807, 2.05) is 4.90 Å². The van der Waals surface area contributed by atoms with Crippen LogP contribution in [0, 0.1) is 5.92 Å². The number of benzene rings is 1. The summed E-state index contributed by atoms with van der Waals surface area (Å²) in [6.07, 6.45) is 3.62. The van der Waals surface area contributed by atoms with Crippen molar-refractivity contribution in [3.05, 3.63) is 17.7 Å². The van der Waals surface area contributed by atoms with Gasteiger partial charge in [-0.3, -0.25) is 9.59 Å². The van der Waals surface area contributed by atoms with Gasteiger partial charge in [-0.15, -0.1) is 12.4 Å². The normalized spacial score (nSPS) is 17.2. The number of carbonyl (C=O) groups excluding carboxylic acids is 2. The molecule has 3 rings (SSSR count). The van der Waals surface area contributed by atoms with Crippen molar-refractivity contribution in [3.63, 3.8) is 0 Å². The van der Waals surface area contributed by atoms with Crippen LogP contribution in [0.15, 0.2) is 12.1 Å². The molecule has 2 aliphatic heterocycles. The van der Waals surface area contributed by atoms with Crippen molar-refractivity contribution in [3.8, 4) is 11.5 Å². The van der Waals surface area contributed by atoms with Crippen molar-refractivity contribution >= 4 is 29.9 Å². The van der Waals surface area contributed by atoms with Gasteiger partial charge in [0.1, 0.15) is 0 Å². The molecule has 150 valence electrons. The molecule has 2 amide bonds. The largest absolute Gasteiger partial charge is 0.493 e. The summed E-state index contributed by atoms with van der Waals surface area (Å²) < 4.78 is 10.7. The molecule has 7 nitrogen and oxygen atoms in total. The Morgan fingerprint density at radius 3 is 2.26 bits per heavy atom. The zero-order valence-electron chi connectivity index (χ0n) is 15.9. The Hall–Kier alpha value is -1.99. The van der Waals surface area contributed by atoms with Gasteiger partial charge in [0.15, 0.2) is 11.5 Å². The molecule has 27 heavy (non-hydrogen) atoms. The van der Waals surface area contributed by atoms with Gasteiger partial charge in [-0.2, -0.15) is 0 Å². The Labute approximate surface area is 166 Å². The molecule has 0 aliphatic carbocycles. The molecule has 0 spiro atoms. The second-order valence-electron chi connectivity index (χ2n) is 6.77. The average molecular weight is 398 g/mol. The number of ether oxygens (including phenoxy) is 2. The maximum atomic E-state index is 13.0. The first kappa shape index (κ1) is 21.3. The van der Waals surface area contributed by atoms with Crippen molar-refractivity contribution in [2.24, 2.45) is 5.92 Å². The van der Waals surface area contributed by atoms with E-state index in [2.05, 4.69) is 10.6 Å². The van der Waals surface area contributed by atoms with Gasteiger partial charge in [-0.05, 0) is 44.8 Å². The number of amides is 2. The van der Waals surface area contributed by atoms with Gasteiger partial charge in [0.25, 0.3) is 5.91 Å². The van der Waals surface area contributed by atoms with Gasteiger partial charge in [-0.1, -0.05) is 0 Å². The molecule has 0 bridgehead atoms. The van der Waals surface area contributed by atoms with Gasteiger partial charge < -0.3 is 25.0 Å². The van der Waals surface area contributed by atoms with Crippen LogP contribution in [0.25, 0.3) is 0 Å². The highest BCUT2D eigenvalue weighted by molar-refractivity contribution is 6.05. The van der Waals surface area contributed by atoms with Gasteiger partial charge >= 0.3 is 0 Å². The predicted octanol–water partition coefficient (Wildman–Crippen LogP) is 2.30. The summed E-state index contributed by atoms with van der Waals surface area (Å²) in [6.45, 7) is 3.16. The Morgan fingerprint density at radius 1 is 1.07 bits per heavy atom. The van der Waals surface area contributed by atoms with Crippen molar-refractivity contribution < 1.29 is 19.1 Å². The first-order valence-electron chi connectivity index (χ1n) is 9.21. The maximum absolute atomic E-state index is 13.0. The molecule has 0 aromatic heterocycles. The van der Waals surface area contributed by atoms with Crippen LogP contribution in [0.5, 0.6) is 11.5 Å². The molecule has 8 heteroatoms. The van der Waals surface area contributed by atoms with Crippen LogP contribution in [-0.4, -0.2) is 57.1 Å². The van der Waals surface area contributed by atoms with E-state index in [9.17, 15) is 9.59 Å². The number of methoxy groups -OCH3 is 2. The van der Waals surface area contributed by atoms with Crippen molar-refractivity contribution in [2.45, 2.75) is 25.7 Å². The van der Waals surface area contributed by atoms with Crippen LogP contribution < -0.4 is 20.1 Å². The molecule has 1 aromatic rings. The van der Waals surface area contributed by atoms with E-state index in [1.165, 1.54) is 14.2 Å². The SMILES string of the molecule is COc1cc(NC(=O)C2CCNCC2)c(C(=O)N2CCCC2)cc1OC.Cl. The molecule has 2 saturated heterocycles. The van der Waals surface area contributed by atoms with E-state index in [4.69, 9.17) is 9.47 Å². The number of likely N-dealkylation sites (tertiary alicyclic amines) is 1. The number of nitrogens with zero attached hydrogens (tertiary/aromatic N) is 1. The van der Waals surface area contributed by atoms with E-state index < -0.39 is 0 Å². The van der Waals surface area contributed by atoms with Crippen LogP contribution in [0.2, 0.25) is 0 Å². The number of hydrogen-bond acceptors (Lipinski definition) is 5. The van der Waals surface area contributed by atoms with E-state index >= 15 is 0 Å². The highest BCUT2D eigenvalue weighted by atomic mass is 35.5. The smallest absolute Gasteiger partial charge is 0.256 e. The van der Waals surface area contributed by atoms with E-state index in [0.717, 1.165) is 51.9 Å². The predicted molar refractivity (Wildman–Crippen MR) is 106 cm³/mol. The Balaban J connectivity index is 0.00000261. The zero-order valence-corrected chi connectivity index (χ0v) is 16.7. The first-order chi connectivity index (χ1) is 12.6. The quantitative estimate of drug-likeness (QED) is 0.796. The third-order valence-corrected chi connectivity index (χ3v) is 5.12. The lowest BCUT2D eigenvalue weighted by Crippen LogP contribution is -2.35. The fraction of sp³-hybridized carbons (Fsp3) is 0.579. The summed E-state index contributed by atoms with van der Waals surface area (Å²) in [7, 11) is 3.08. The third kappa shape index (κ3) is 4.84. The second kappa shape index (κ2) is 9.80. The van der Waals surface area contributed by atoms with E-state index in [1.54, 1.807) is 12.1 Å². The molecule has 0 unspecified atom stereocenters. The molecule has 2 fully saturated rings. The molecule has 1 aromatic carbocycles. The lowest BCUT2D eigenvalue weighted by atomic mass is 9.97. The molecule has 2 aliphatic rings. The summed E-state index contributed by atoms with van der Waals surface area (Å²) in [5.74, 6) is 0.804. The zero-order chi connectivity index (χ0) is 18.5. The van der Waals surface area contributed by atoms with Crippen LogP contribution in [0.4, 0.5) is 5.69 Å². The van der Waals surface area contributed by atoms with Crippen LogP contribution >= 0.6 is 12.4 Å². The maximum Gasteiger partial charge on any atom is 0.256 e. The Kier molecular flexibility index (Phi) is 7.74. The minimum absolute atomic E-state index is 0. The monoisotopic (exact) mass is 397 g/mol. The van der Waals surface area contributed by atoms with Crippen molar-refractivity contribution in [1.82, 2.24) is 10.2 Å². The molecular formula is C19H28ClN3O4. The molecule has 0 atom stereocenters. The number of hydrogen-bond donors (Lipinski definition) is 2. The Morgan fingerprint density at radius 2 is 1.67 bits per heavy atom. The molecule has 2 N–H and O–H groups in total. The van der Waals surface area contributed by atoms with Gasteiger partial charge in [0.05, 0.1) is 25.5 Å². The number of piperidine rings is 1. The summed E-state index contributed by atoms with van der Waals surface area (Å²) in [6, 6.07) is 3.35. The van der Waals surface area contributed by atoms with Crippen LogP contribution in [0.3, 0.4) is 0 Å². The van der Waals surface area contributed by atoms with Crippen molar-refractivity contribution in [2.75, 3.05) is 45.7 Å². The van der Waals surface area contributed by atoms with Gasteiger partial charge in [0.2, 0.25) is 5.91 Å². The Bertz CT molecular complexity index is 671. The number of carbonyl (C=O) groups is 2. The first-order valence-corrected chi connectivity index (χ1v) is 9.21. The fourth-order valence-electron chi connectivity index (χ4n) is 3.57. The van der Waals surface area contributed by atoms with Crippen molar-refractivity contribution in [1.29, 1.82) is 0 Å². The number of nitrogens with one attached hydrogen (secondary N) is 2. The van der Waals surface area contributed by atoms with E-state index in [-0.39, 0.29) is 30.1 Å². The molecule has 2 heterocycles. The standard InChI is InChI=1S/C19H27N3O4.ClH/c1-25-16-11-14(19(24)22-9-3-4-10-22)15(12-17(16)26-2)21-18(23)13-5-7-20-8-6-13;/h11-13,20H,3-10H2,1-2H3,(H,21,23);1H. The van der Waals surface area contributed by atoms with E-state index in [0.29, 0.717) is 22.7 Å². The third-order valence-electron chi connectivity index (χ3n) is 5.12. The average Bonchev–Trinajstić information content (AvgIpc) is 3.22. The second-order valence-corrected chi connectivity index (χ2v) is 6.77. The number of anilines is 1. The lowest BCUT2D eigenvalue weighted by molar-refractivity contribution is -0.120. The number of halogens is 1.